The van der Waals surface area contributed by atoms with E-state index in [1.165, 1.54) is 4.57 Å². The Hall–Kier alpha value is -2.70. The number of rotatable bonds is 1. The molecule has 0 radical (unpaired) electrons. The summed E-state index contributed by atoms with van der Waals surface area (Å²) >= 11 is 0. The number of pyridine rings is 1. The van der Waals surface area contributed by atoms with E-state index < -0.39 is 11.1 Å². The van der Waals surface area contributed by atoms with Crippen LogP contribution in [0.15, 0.2) is 34.2 Å². The summed E-state index contributed by atoms with van der Waals surface area (Å²) in [4.78, 5) is 29.6. The van der Waals surface area contributed by atoms with Crippen molar-refractivity contribution in [2.45, 2.75) is 0 Å². The topological polar surface area (TPSA) is 85.6 Å². The van der Waals surface area contributed by atoms with Crippen molar-refractivity contribution in [3.63, 3.8) is 0 Å². The highest BCUT2D eigenvalue weighted by atomic mass is 16.2. The molecule has 1 N–H and O–H groups in total. The Labute approximate surface area is 107 Å². The third-order valence-electron chi connectivity index (χ3n) is 3.00. The third kappa shape index (κ3) is 1.75. The van der Waals surface area contributed by atoms with Gasteiger partial charge in [-0.1, -0.05) is 0 Å². The predicted octanol–water partition coefficient (Wildman–Crippen LogP) is 0.0223. The van der Waals surface area contributed by atoms with E-state index >= 15 is 0 Å². The summed E-state index contributed by atoms with van der Waals surface area (Å²) in [6.45, 7) is 0. The second kappa shape index (κ2) is 3.91. The first-order valence-electron chi connectivity index (χ1n) is 5.64. The van der Waals surface area contributed by atoms with Gasteiger partial charge >= 0.3 is 11.1 Å². The molecule has 0 aromatic carbocycles. The number of H-pyrrole nitrogens is 1. The van der Waals surface area contributed by atoms with Crippen LogP contribution in [-0.2, 0) is 14.1 Å². The molecule has 0 saturated carbocycles. The van der Waals surface area contributed by atoms with Crippen LogP contribution < -0.4 is 11.1 Å². The van der Waals surface area contributed by atoms with Gasteiger partial charge in [-0.05, 0) is 6.07 Å². The van der Waals surface area contributed by atoms with Crippen molar-refractivity contribution in [1.29, 1.82) is 0 Å². The van der Waals surface area contributed by atoms with Gasteiger partial charge in [0, 0.05) is 37.6 Å². The minimum Gasteiger partial charge on any atom is -0.304 e. The Morgan fingerprint density at radius 1 is 1.16 bits per heavy atom. The number of fused-ring (bicyclic) bond motifs is 1. The van der Waals surface area contributed by atoms with E-state index in [1.54, 1.807) is 30.2 Å². The van der Waals surface area contributed by atoms with Gasteiger partial charge in [0.15, 0.2) is 5.65 Å². The molecule has 3 heterocycles. The highest BCUT2D eigenvalue weighted by Crippen LogP contribution is 2.19. The fourth-order valence-corrected chi connectivity index (χ4v) is 1.96. The standard InChI is InChI=1S/C12H11N5O2/c1-16-6-8(5-14-16)7-3-9-10(13-4-7)15-11(18)12(19)17(9)2/h3-6H,1-2H3,(H,13,15,18). The van der Waals surface area contributed by atoms with Gasteiger partial charge in [-0.15, -0.1) is 0 Å². The molecule has 0 amide bonds. The maximum atomic E-state index is 11.6. The van der Waals surface area contributed by atoms with E-state index in [1.807, 2.05) is 13.2 Å². The fraction of sp³-hybridized carbons (Fsp3) is 0.167. The van der Waals surface area contributed by atoms with Crippen molar-refractivity contribution in [3.05, 3.63) is 45.4 Å². The van der Waals surface area contributed by atoms with E-state index in [4.69, 9.17) is 0 Å². The number of hydrogen-bond donors (Lipinski definition) is 1. The molecule has 0 spiro atoms. The monoisotopic (exact) mass is 257 g/mol. The number of aromatic amines is 1. The Balaban J connectivity index is 2.32. The van der Waals surface area contributed by atoms with Gasteiger partial charge in [0.1, 0.15) is 0 Å². The zero-order valence-corrected chi connectivity index (χ0v) is 10.4. The molecule has 0 fully saturated rings. The van der Waals surface area contributed by atoms with Gasteiger partial charge < -0.3 is 9.55 Å². The second-order valence-corrected chi connectivity index (χ2v) is 4.31. The van der Waals surface area contributed by atoms with Crippen LogP contribution in [0.25, 0.3) is 22.3 Å². The van der Waals surface area contributed by atoms with Crippen molar-refractivity contribution in [1.82, 2.24) is 24.3 Å². The first kappa shape index (κ1) is 11.4. The summed E-state index contributed by atoms with van der Waals surface area (Å²) in [5.41, 5.74) is 1.43. The Kier molecular flexibility index (Phi) is 2.34. The summed E-state index contributed by atoms with van der Waals surface area (Å²) in [5.74, 6) is 0. The minimum absolute atomic E-state index is 0.389. The molecular weight excluding hydrogens is 246 g/mol. The van der Waals surface area contributed by atoms with Crippen LogP contribution >= 0.6 is 0 Å². The Morgan fingerprint density at radius 2 is 1.95 bits per heavy atom. The van der Waals surface area contributed by atoms with E-state index in [2.05, 4.69) is 15.1 Å². The van der Waals surface area contributed by atoms with Gasteiger partial charge in [-0.3, -0.25) is 14.3 Å². The zero-order valence-electron chi connectivity index (χ0n) is 10.4. The minimum atomic E-state index is -0.670. The average molecular weight is 257 g/mol. The molecule has 0 aliphatic heterocycles. The summed E-state index contributed by atoms with van der Waals surface area (Å²) in [6, 6.07) is 1.80. The predicted molar refractivity (Wildman–Crippen MR) is 69.8 cm³/mol. The molecule has 3 rings (SSSR count). The zero-order chi connectivity index (χ0) is 13.6. The van der Waals surface area contributed by atoms with Gasteiger partial charge in [0.2, 0.25) is 0 Å². The van der Waals surface area contributed by atoms with Crippen LogP contribution in [0.4, 0.5) is 0 Å². The van der Waals surface area contributed by atoms with Crippen molar-refractivity contribution in [2.75, 3.05) is 0 Å². The maximum absolute atomic E-state index is 11.6. The number of aryl methyl sites for hydroxylation is 2. The lowest BCUT2D eigenvalue weighted by Crippen LogP contribution is -2.35. The SMILES string of the molecule is Cn1cc(-c2cnc3[nH]c(=O)c(=O)n(C)c3c2)cn1. The normalized spacial score (nSPS) is 11.1. The Morgan fingerprint density at radius 3 is 2.63 bits per heavy atom. The quantitative estimate of drug-likeness (QED) is 0.623. The molecule has 0 saturated heterocycles. The molecule has 0 unspecified atom stereocenters. The fourth-order valence-electron chi connectivity index (χ4n) is 1.96. The van der Waals surface area contributed by atoms with Crippen LogP contribution in [-0.4, -0.2) is 24.3 Å². The number of hydrogen-bond acceptors (Lipinski definition) is 4. The van der Waals surface area contributed by atoms with Crippen LogP contribution in [0.2, 0.25) is 0 Å². The van der Waals surface area contributed by atoms with E-state index in [0.29, 0.717) is 11.2 Å². The Bertz CT molecular complexity index is 887. The van der Waals surface area contributed by atoms with E-state index in [0.717, 1.165) is 11.1 Å². The summed E-state index contributed by atoms with van der Waals surface area (Å²) in [7, 11) is 3.37. The van der Waals surface area contributed by atoms with Crippen molar-refractivity contribution < 1.29 is 0 Å². The second-order valence-electron chi connectivity index (χ2n) is 4.31. The summed E-state index contributed by atoms with van der Waals surface area (Å²) < 4.78 is 2.98. The lowest BCUT2D eigenvalue weighted by molar-refractivity contribution is 0.768. The van der Waals surface area contributed by atoms with E-state index in [-0.39, 0.29) is 0 Å². The lowest BCUT2D eigenvalue weighted by atomic mass is 10.1. The van der Waals surface area contributed by atoms with Crippen LogP contribution in [0.5, 0.6) is 0 Å². The van der Waals surface area contributed by atoms with Crippen LogP contribution in [0.3, 0.4) is 0 Å². The first-order chi connectivity index (χ1) is 9.06. The first-order valence-corrected chi connectivity index (χ1v) is 5.64. The molecule has 3 aromatic heterocycles. The van der Waals surface area contributed by atoms with Crippen LogP contribution in [0, 0.1) is 0 Å². The summed E-state index contributed by atoms with van der Waals surface area (Å²) in [6.07, 6.45) is 5.21. The average Bonchev–Trinajstić information content (AvgIpc) is 2.83. The molecule has 7 nitrogen and oxygen atoms in total. The lowest BCUT2D eigenvalue weighted by Gasteiger charge is -2.04. The number of nitrogens with one attached hydrogen (secondary N) is 1. The van der Waals surface area contributed by atoms with E-state index in [9.17, 15) is 9.59 Å². The maximum Gasteiger partial charge on any atom is 0.316 e. The highest BCUT2D eigenvalue weighted by molar-refractivity contribution is 5.77. The smallest absolute Gasteiger partial charge is 0.304 e. The molecule has 0 atom stereocenters. The molecule has 7 heteroatoms. The molecule has 3 aromatic rings. The van der Waals surface area contributed by atoms with Gasteiger partial charge in [0.05, 0.1) is 11.7 Å². The molecule has 0 aliphatic carbocycles. The largest absolute Gasteiger partial charge is 0.316 e. The van der Waals surface area contributed by atoms with Gasteiger partial charge in [-0.2, -0.15) is 5.10 Å². The third-order valence-corrected chi connectivity index (χ3v) is 3.00. The molecular formula is C12H11N5O2. The molecule has 96 valence electrons. The van der Waals surface area contributed by atoms with Crippen LogP contribution in [0.1, 0.15) is 0 Å². The molecule has 19 heavy (non-hydrogen) atoms. The van der Waals surface area contributed by atoms with Gasteiger partial charge in [-0.25, -0.2) is 4.98 Å². The van der Waals surface area contributed by atoms with Crippen molar-refractivity contribution in [3.8, 4) is 11.1 Å². The molecule has 0 aliphatic rings. The number of aromatic nitrogens is 5. The molecule has 0 bridgehead atoms. The van der Waals surface area contributed by atoms with Crippen molar-refractivity contribution >= 4 is 11.2 Å². The highest BCUT2D eigenvalue weighted by Gasteiger charge is 2.08. The van der Waals surface area contributed by atoms with Gasteiger partial charge in [0.25, 0.3) is 0 Å². The number of nitrogens with zero attached hydrogens (tertiary/aromatic N) is 4. The van der Waals surface area contributed by atoms with Crippen molar-refractivity contribution in [2.24, 2.45) is 14.1 Å². The summed E-state index contributed by atoms with van der Waals surface area (Å²) in [5, 5.41) is 4.09.